The molecular formula is C94H149N17. The molecule has 0 atom stereocenters. The largest absolute Gasteiger partial charge is 0.354 e. The van der Waals surface area contributed by atoms with Crippen LogP contribution in [0.15, 0.2) is 72.8 Å². The maximum Gasteiger partial charge on any atom is 0.223 e. The molecule has 3 aromatic carbocycles. The standard InChI is InChI=1S/C22H34N4.C21H32N4.C19H27N3.C17H29N3.C15H27N3/c1-16-9-11-18(12-10-16)15-19-17(2)24-21(23-13-8-14-26(6)7)25-20(19)22(3,4)5;1-15-8-10-17(11-9-15)14-18-16(2)23-20(22-12-13-25(6)7)24-19(18)21(3,4)5;1-7-20-18-21-14(3)16(17(22-18)19(4,5)6)12-15-10-8-13(2)9-11-15;1-16(2,3)15-12-10-17(4,5)9-8-13(12)18-14(19-15)11-20(6)7;1-10(2)13-11(3)16-12(9-18(7)8)17-14(13)15(4,5)6/h9-12H,8,13-15H2,1-7H3,(H,23,24,25);8-11H,12-14H2,1-7H3,(H,22,23,24);8-11H,7,12H2,1-6H3,(H,20,21,22);8-11H2,1-7H3;10H,9H2,1-8H3. The fourth-order valence-corrected chi connectivity index (χ4v) is 13.6. The van der Waals surface area contributed by atoms with Gasteiger partial charge in [0.25, 0.3) is 0 Å². The number of anilines is 3. The zero-order chi connectivity index (χ0) is 83.5. The Hall–Kier alpha value is -7.70. The lowest BCUT2D eigenvalue weighted by Crippen LogP contribution is -2.30. The molecule has 0 saturated heterocycles. The van der Waals surface area contributed by atoms with Crippen molar-refractivity contribution in [2.45, 2.75) is 278 Å². The molecule has 0 radical (unpaired) electrons. The summed E-state index contributed by atoms with van der Waals surface area (Å²) in [7, 11) is 16.6. The molecule has 1 aliphatic carbocycles. The Morgan fingerprint density at radius 1 is 0.387 bits per heavy atom. The van der Waals surface area contributed by atoms with E-state index in [0.29, 0.717) is 11.3 Å². The number of rotatable bonds is 22. The Kier molecular flexibility index (Phi) is 34.6. The Labute approximate surface area is 674 Å². The van der Waals surface area contributed by atoms with Crippen LogP contribution < -0.4 is 16.0 Å². The number of benzene rings is 3. The van der Waals surface area contributed by atoms with Gasteiger partial charge >= 0.3 is 0 Å². The van der Waals surface area contributed by atoms with Crippen molar-refractivity contribution in [3.8, 4) is 0 Å². The fourth-order valence-electron chi connectivity index (χ4n) is 13.6. The van der Waals surface area contributed by atoms with Crippen molar-refractivity contribution in [2.24, 2.45) is 5.41 Å². The van der Waals surface area contributed by atoms with Gasteiger partial charge < -0.3 is 35.6 Å². The van der Waals surface area contributed by atoms with E-state index < -0.39 is 0 Å². The van der Waals surface area contributed by atoms with Gasteiger partial charge in [-0.25, -0.2) is 49.8 Å². The Bertz CT molecular complexity index is 4210. The van der Waals surface area contributed by atoms with E-state index >= 15 is 0 Å². The molecule has 0 bridgehead atoms. The normalized spacial score (nSPS) is 13.0. The van der Waals surface area contributed by atoms with Crippen LogP contribution in [0.2, 0.25) is 0 Å². The Morgan fingerprint density at radius 2 is 0.730 bits per heavy atom. The van der Waals surface area contributed by atoms with E-state index in [4.69, 9.17) is 39.9 Å². The van der Waals surface area contributed by atoms with Crippen LogP contribution in [-0.2, 0) is 72.3 Å². The third-order valence-electron chi connectivity index (χ3n) is 19.4. The fraction of sp³-hybridized carbons (Fsp3) is 0.596. The second-order valence-corrected chi connectivity index (χ2v) is 38.3. The van der Waals surface area contributed by atoms with E-state index in [1.165, 1.54) is 84.7 Å². The van der Waals surface area contributed by atoms with Crippen LogP contribution in [0.3, 0.4) is 0 Å². The first-order valence-electron chi connectivity index (χ1n) is 40.7. The van der Waals surface area contributed by atoms with E-state index in [2.05, 4.69) is 348 Å². The van der Waals surface area contributed by atoms with Crippen molar-refractivity contribution < 1.29 is 0 Å². The number of hydrogen-bond acceptors (Lipinski definition) is 17. The average molecular weight is 1520 g/mol. The maximum absolute atomic E-state index is 4.91. The topological polar surface area (TPSA) is 178 Å². The summed E-state index contributed by atoms with van der Waals surface area (Å²) in [6, 6.07) is 26.2. The number of nitrogens with zero attached hydrogens (tertiary/aromatic N) is 14. The Morgan fingerprint density at radius 3 is 1.06 bits per heavy atom. The van der Waals surface area contributed by atoms with Gasteiger partial charge in [-0.1, -0.05) is 221 Å². The van der Waals surface area contributed by atoms with Gasteiger partial charge in [-0.15, -0.1) is 0 Å². The Balaban J connectivity index is 0.000000250. The van der Waals surface area contributed by atoms with Gasteiger partial charge in [0.2, 0.25) is 17.8 Å². The summed E-state index contributed by atoms with van der Waals surface area (Å²) in [5.74, 6) is 4.58. The third kappa shape index (κ3) is 30.6. The van der Waals surface area contributed by atoms with Crippen LogP contribution in [0.5, 0.6) is 0 Å². The van der Waals surface area contributed by atoms with Crippen LogP contribution in [0, 0.1) is 53.9 Å². The van der Waals surface area contributed by atoms with Crippen molar-refractivity contribution in [3.63, 3.8) is 0 Å². The predicted molar refractivity (Wildman–Crippen MR) is 472 cm³/mol. The molecule has 0 unspecified atom stereocenters. The highest BCUT2D eigenvalue weighted by Crippen LogP contribution is 2.39. The van der Waals surface area contributed by atoms with Gasteiger partial charge in [0, 0.05) is 101 Å². The van der Waals surface area contributed by atoms with Crippen LogP contribution in [0.25, 0.3) is 0 Å². The molecule has 0 amide bonds. The summed E-state index contributed by atoms with van der Waals surface area (Å²) in [6.07, 6.45) is 7.13. The molecule has 0 aliphatic heterocycles. The summed E-state index contributed by atoms with van der Waals surface area (Å²) in [6.45, 7) is 65.6. The van der Waals surface area contributed by atoms with Crippen LogP contribution in [-0.4, -0.2) is 159 Å². The van der Waals surface area contributed by atoms with Crippen LogP contribution in [0.1, 0.15) is 287 Å². The lowest BCUT2D eigenvalue weighted by Gasteiger charge is -2.34. The maximum atomic E-state index is 4.91. The van der Waals surface area contributed by atoms with Gasteiger partial charge in [-0.2, -0.15) is 0 Å². The lowest BCUT2D eigenvalue weighted by atomic mass is 9.73. The van der Waals surface area contributed by atoms with Gasteiger partial charge in [0.05, 0.1) is 41.6 Å². The molecule has 0 spiro atoms. The van der Waals surface area contributed by atoms with E-state index in [1.54, 1.807) is 0 Å². The minimum atomic E-state index is -0.0221. The summed E-state index contributed by atoms with van der Waals surface area (Å²) < 4.78 is 0. The first-order chi connectivity index (χ1) is 51.3. The summed E-state index contributed by atoms with van der Waals surface area (Å²) in [5.41, 5.74) is 26.2. The first-order valence-corrected chi connectivity index (χ1v) is 40.7. The molecule has 610 valence electrons. The second-order valence-electron chi connectivity index (χ2n) is 38.3. The molecule has 0 saturated carbocycles. The molecule has 8 aromatic rings. The van der Waals surface area contributed by atoms with Gasteiger partial charge in [0.15, 0.2) is 0 Å². The zero-order valence-electron chi connectivity index (χ0n) is 76.2. The number of fused-ring (bicyclic) bond motifs is 1. The molecule has 9 rings (SSSR count). The molecule has 0 fully saturated rings. The van der Waals surface area contributed by atoms with Crippen molar-refractivity contribution in [3.05, 3.63) is 203 Å². The monoisotopic (exact) mass is 1520 g/mol. The van der Waals surface area contributed by atoms with Gasteiger partial charge in [-0.05, 0) is 200 Å². The average Bonchev–Trinajstić information content (AvgIpc) is 0.781. The van der Waals surface area contributed by atoms with E-state index in [-0.39, 0.29) is 27.1 Å². The number of aryl methyl sites for hydroxylation is 8. The van der Waals surface area contributed by atoms with E-state index in [0.717, 1.165) is 154 Å². The molecule has 17 nitrogen and oxygen atoms in total. The van der Waals surface area contributed by atoms with E-state index in [9.17, 15) is 0 Å². The third-order valence-corrected chi connectivity index (χ3v) is 19.4. The number of hydrogen-bond donors (Lipinski definition) is 3. The highest BCUT2D eigenvalue weighted by molar-refractivity contribution is 5.45. The molecule has 5 aromatic heterocycles. The van der Waals surface area contributed by atoms with Gasteiger partial charge in [-0.3, -0.25) is 0 Å². The number of likely N-dealkylation sites (N-methyl/N-ethyl adjacent to an activating group) is 1. The van der Waals surface area contributed by atoms with Crippen molar-refractivity contribution >= 4 is 17.8 Å². The highest BCUT2D eigenvalue weighted by Gasteiger charge is 2.34. The molecule has 3 N–H and O–H groups in total. The van der Waals surface area contributed by atoms with Gasteiger partial charge in [0.1, 0.15) is 11.6 Å². The van der Waals surface area contributed by atoms with Crippen molar-refractivity contribution in [1.29, 1.82) is 0 Å². The minimum absolute atomic E-state index is 0.00208. The van der Waals surface area contributed by atoms with E-state index in [1.807, 2.05) is 14.1 Å². The van der Waals surface area contributed by atoms with Crippen molar-refractivity contribution in [2.75, 3.05) is 105 Å². The second kappa shape index (κ2) is 40.9. The lowest BCUT2D eigenvalue weighted by molar-refractivity contribution is 0.304. The molecule has 111 heavy (non-hydrogen) atoms. The number of nitrogens with one attached hydrogen (secondary N) is 3. The predicted octanol–water partition coefficient (Wildman–Crippen LogP) is 19.3. The van der Waals surface area contributed by atoms with Crippen LogP contribution >= 0.6 is 0 Å². The SMILES string of the molecule is CCNc1nc(C)c(Cc2ccc(C)cc2)c(C(C)(C)C)n1.CN(C)Cc1nc2c(c(C(C)(C)C)n1)CC(C)(C)CC2.Cc1ccc(Cc2c(C)nc(NCCCN(C)C)nc2C(C)(C)C)cc1.Cc1ccc(Cc2c(C)nc(NCCN(C)C)nc2C(C)(C)C)cc1.Cc1nc(CN(C)C)nc(C(C)(C)C)c1C(C)C. The zero-order valence-corrected chi connectivity index (χ0v) is 76.2. The summed E-state index contributed by atoms with van der Waals surface area (Å²) in [4.78, 5) is 56.5. The quantitative estimate of drug-likeness (QED) is 0.0545. The molecular weight excluding hydrogens is 1370 g/mol. The first kappa shape index (κ1) is 93.9. The van der Waals surface area contributed by atoms with Crippen LogP contribution in [0.4, 0.5) is 17.8 Å². The summed E-state index contributed by atoms with van der Waals surface area (Å²) in [5, 5.41) is 10.0. The summed E-state index contributed by atoms with van der Waals surface area (Å²) >= 11 is 0. The minimum Gasteiger partial charge on any atom is -0.354 e. The molecule has 5 heterocycles. The highest BCUT2D eigenvalue weighted by atomic mass is 15.2. The van der Waals surface area contributed by atoms with Crippen molar-refractivity contribution in [1.82, 2.24) is 69.4 Å². The molecule has 1 aliphatic rings. The smallest absolute Gasteiger partial charge is 0.223 e. The molecule has 17 heteroatoms. The number of aromatic nitrogens is 10.